The summed E-state index contributed by atoms with van der Waals surface area (Å²) < 4.78 is 0. The lowest BCUT2D eigenvalue weighted by molar-refractivity contribution is 0.578. The van der Waals surface area contributed by atoms with Gasteiger partial charge in [0.05, 0.1) is 5.69 Å². The number of halogens is 2. The monoisotopic (exact) mass is 258 g/mol. The van der Waals surface area contributed by atoms with Crippen LogP contribution in [0.1, 0.15) is 6.42 Å². The van der Waals surface area contributed by atoms with Crippen LogP contribution in [0.5, 0.6) is 0 Å². The van der Waals surface area contributed by atoms with Gasteiger partial charge in [0, 0.05) is 31.7 Å². The Morgan fingerprint density at radius 1 is 1.31 bits per heavy atom. The zero-order valence-electron chi connectivity index (χ0n) is 8.66. The third kappa shape index (κ3) is 1.65. The molecule has 1 N–H and O–H groups in total. The first kappa shape index (κ1) is 10.6. The Bertz CT molecular complexity index is 412. The quantitative estimate of drug-likeness (QED) is 0.831. The van der Waals surface area contributed by atoms with E-state index in [1.165, 1.54) is 6.42 Å². The van der Waals surface area contributed by atoms with Crippen LogP contribution in [0.4, 0.5) is 5.69 Å². The van der Waals surface area contributed by atoms with Crippen molar-refractivity contribution in [2.45, 2.75) is 12.5 Å². The topological polar surface area (TPSA) is 41.0 Å². The van der Waals surface area contributed by atoms with Crippen LogP contribution in [0.25, 0.3) is 0 Å². The Labute approximate surface area is 104 Å². The van der Waals surface area contributed by atoms with E-state index in [1.807, 2.05) is 0 Å². The first-order chi connectivity index (χ1) is 7.75. The summed E-state index contributed by atoms with van der Waals surface area (Å²) in [6.45, 7) is 3.14. The maximum absolute atomic E-state index is 6.07. The van der Waals surface area contributed by atoms with Crippen molar-refractivity contribution in [1.82, 2.24) is 15.5 Å². The molecule has 0 unspecified atom stereocenters. The van der Waals surface area contributed by atoms with E-state index in [2.05, 4.69) is 20.4 Å². The predicted octanol–water partition coefficient (Wildman–Crippen LogP) is 1.58. The maximum atomic E-state index is 6.07. The van der Waals surface area contributed by atoms with Gasteiger partial charge in [0.25, 0.3) is 0 Å². The molecule has 16 heavy (non-hydrogen) atoms. The number of hydrogen-bond acceptors (Lipinski definition) is 4. The molecule has 2 aliphatic heterocycles. The molecule has 2 fully saturated rings. The van der Waals surface area contributed by atoms with Crippen molar-refractivity contribution >= 4 is 28.9 Å². The van der Waals surface area contributed by atoms with Crippen molar-refractivity contribution in [3.05, 3.63) is 16.4 Å². The molecule has 0 aromatic carbocycles. The van der Waals surface area contributed by atoms with Gasteiger partial charge >= 0.3 is 0 Å². The van der Waals surface area contributed by atoms with Crippen molar-refractivity contribution in [3.63, 3.8) is 0 Å². The number of fused-ring (bicyclic) bond motifs is 1. The van der Waals surface area contributed by atoms with Gasteiger partial charge in [0.2, 0.25) is 0 Å². The third-order valence-corrected chi connectivity index (χ3v) is 3.91. The lowest BCUT2D eigenvalue weighted by Gasteiger charge is -2.25. The molecular weight excluding hydrogens is 247 g/mol. The first-order valence-corrected chi connectivity index (χ1v) is 6.17. The number of hydrogen-bond donors (Lipinski definition) is 1. The highest BCUT2D eigenvalue weighted by Crippen LogP contribution is 2.35. The second kappa shape index (κ2) is 4.02. The Kier molecular flexibility index (Phi) is 2.65. The average Bonchev–Trinajstić information content (AvgIpc) is 2.83. The summed E-state index contributed by atoms with van der Waals surface area (Å²) >= 11 is 11.9. The molecule has 3 heterocycles. The summed E-state index contributed by atoms with van der Waals surface area (Å²) in [6, 6.07) is 2.33. The van der Waals surface area contributed by atoms with Crippen LogP contribution in [-0.2, 0) is 0 Å². The van der Waals surface area contributed by atoms with Gasteiger partial charge < -0.3 is 10.2 Å². The number of anilines is 1. The molecule has 2 aliphatic rings. The Balaban J connectivity index is 1.94. The van der Waals surface area contributed by atoms with Gasteiger partial charge in [-0.15, -0.1) is 10.2 Å². The number of aromatic nitrogens is 2. The molecule has 86 valence electrons. The second-order valence-corrected chi connectivity index (χ2v) is 5.06. The van der Waals surface area contributed by atoms with Crippen LogP contribution in [0.3, 0.4) is 0 Å². The normalized spacial score (nSPS) is 28.5. The Morgan fingerprint density at radius 2 is 2.19 bits per heavy atom. The molecule has 6 heteroatoms. The summed E-state index contributed by atoms with van der Waals surface area (Å²) in [7, 11) is 0. The summed E-state index contributed by atoms with van der Waals surface area (Å²) in [5.41, 5.74) is 0.915. The highest BCUT2D eigenvalue weighted by molar-refractivity contribution is 6.33. The molecule has 1 aromatic heterocycles. The van der Waals surface area contributed by atoms with Gasteiger partial charge in [0.15, 0.2) is 10.3 Å². The van der Waals surface area contributed by atoms with Crippen LogP contribution in [-0.4, -0.2) is 35.9 Å². The SMILES string of the molecule is Clc1cc(N2CC[C@H]3CNC[C@H]32)c(Cl)nn1. The van der Waals surface area contributed by atoms with E-state index in [9.17, 15) is 0 Å². The minimum atomic E-state index is 0.397. The number of nitrogens with zero attached hydrogens (tertiary/aromatic N) is 3. The van der Waals surface area contributed by atoms with Crippen molar-refractivity contribution in [2.24, 2.45) is 5.92 Å². The van der Waals surface area contributed by atoms with E-state index >= 15 is 0 Å². The predicted molar refractivity (Wildman–Crippen MR) is 64.2 cm³/mol. The van der Waals surface area contributed by atoms with E-state index in [0.29, 0.717) is 16.3 Å². The van der Waals surface area contributed by atoms with Crippen LogP contribution < -0.4 is 10.2 Å². The molecule has 0 aliphatic carbocycles. The van der Waals surface area contributed by atoms with E-state index in [0.717, 1.165) is 31.2 Å². The fourth-order valence-corrected chi connectivity index (χ4v) is 3.04. The third-order valence-electron chi connectivity index (χ3n) is 3.46. The van der Waals surface area contributed by atoms with Crippen molar-refractivity contribution < 1.29 is 0 Å². The second-order valence-electron chi connectivity index (χ2n) is 4.31. The molecule has 1 aromatic rings. The van der Waals surface area contributed by atoms with Gasteiger partial charge in [0.1, 0.15) is 0 Å². The molecule has 0 saturated carbocycles. The molecule has 3 rings (SSSR count). The molecule has 0 spiro atoms. The minimum Gasteiger partial charge on any atom is -0.364 e. The number of rotatable bonds is 1. The zero-order valence-corrected chi connectivity index (χ0v) is 10.2. The van der Waals surface area contributed by atoms with Crippen LogP contribution >= 0.6 is 23.2 Å². The molecule has 2 saturated heterocycles. The molecule has 2 atom stereocenters. The smallest absolute Gasteiger partial charge is 0.175 e. The lowest BCUT2D eigenvalue weighted by atomic mass is 10.1. The maximum Gasteiger partial charge on any atom is 0.175 e. The summed E-state index contributed by atoms with van der Waals surface area (Å²) in [6.07, 6.45) is 1.20. The van der Waals surface area contributed by atoms with E-state index in [1.54, 1.807) is 6.07 Å². The first-order valence-electron chi connectivity index (χ1n) is 5.42. The largest absolute Gasteiger partial charge is 0.364 e. The fourth-order valence-electron chi connectivity index (χ4n) is 2.69. The molecular formula is C10H12Cl2N4. The minimum absolute atomic E-state index is 0.397. The van der Waals surface area contributed by atoms with Crippen LogP contribution in [0.15, 0.2) is 6.07 Å². The van der Waals surface area contributed by atoms with E-state index in [-0.39, 0.29) is 0 Å². The summed E-state index contributed by atoms with van der Waals surface area (Å²) in [5.74, 6) is 0.725. The van der Waals surface area contributed by atoms with Gasteiger partial charge in [-0.3, -0.25) is 0 Å². The summed E-state index contributed by atoms with van der Waals surface area (Å²) in [5, 5.41) is 11.8. The average molecular weight is 259 g/mol. The fraction of sp³-hybridized carbons (Fsp3) is 0.600. The Hall–Kier alpha value is -0.580. The Morgan fingerprint density at radius 3 is 3.06 bits per heavy atom. The molecule has 0 amide bonds. The van der Waals surface area contributed by atoms with Crippen molar-refractivity contribution in [3.8, 4) is 0 Å². The zero-order chi connectivity index (χ0) is 11.1. The number of nitrogens with one attached hydrogen (secondary N) is 1. The highest BCUT2D eigenvalue weighted by Gasteiger charge is 2.38. The highest BCUT2D eigenvalue weighted by atomic mass is 35.5. The lowest BCUT2D eigenvalue weighted by Crippen LogP contribution is -2.34. The van der Waals surface area contributed by atoms with Gasteiger partial charge in [-0.05, 0) is 12.3 Å². The molecule has 0 radical (unpaired) electrons. The van der Waals surface area contributed by atoms with Crippen molar-refractivity contribution in [2.75, 3.05) is 24.5 Å². The summed E-state index contributed by atoms with van der Waals surface area (Å²) in [4.78, 5) is 2.30. The van der Waals surface area contributed by atoms with Gasteiger partial charge in [-0.1, -0.05) is 23.2 Å². The molecule has 4 nitrogen and oxygen atoms in total. The van der Waals surface area contributed by atoms with Crippen molar-refractivity contribution in [1.29, 1.82) is 0 Å². The van der Waals surface area contributed by atoms with E-state index in [4.69, 9.17) is 23.2 Å². The standard InChI is InChI=1S/C10H12Cl2N4/c11-9-3-7(10(12)15-14-9)16-2-1-6-4-13-5-8(6)16/h3,6,8,13H,1-2,4-5H2/t6-,8+/m0/s1. The van der Waals surface area contributed by atoms with Gasteiger partial charge in [-0.2, -0.15) is 0 Å². The van der Waals surface area contributed by atoms with Crippen LogP contribution in [0.2, 0.25) is 10.3 Å². The van der Waals surface area contributed by atoms with Gasteiger partial charge in [-0.25, -0.2) is 0 Å². The van der Waals surface area contributed by atoms with E-state index < -0.39 is 0 Å². The molecule has 0 bridgehead atoms. The van der Waals surface area contributed by atoms with Crippen LogP contribution in [0, 0.1) is 5.92 Å².